The van der Waals surface area contributed by atoms with Crippen molar-refractivity contribution in [2.45, 2.75) is 26.7 Å². The zero-order valence-electron chi connectivity index (χ0n) is 12.8. The number of imidazole rings is 1. The fourth-order valence-corrected chi connectivity index (χ4v) is 2.43. The summed E-state index contributed by atoms with van der Waals surface area (Å²) < 4.78 is 0. The van der Waals surface area contributed by atoms with E-state index in [1.54, 1.807) is 0 Å². The van der Waals surface area contributed by atoms with Gasteiger partial charge in [-0.15, -0.1) is 0 Å². The van der Waals surface area contributed by atoms with E-state index < -0.39 is 0 Å². The zero-order valence-corrected chi connectivity index (χ0v) is 12.8. The van der Waals surface area contributed by atoms with Gasteiger partial charge in [0.25, 0.3) is 0 Å². The number of para-hydroxylation sites is 2. The van der Waals surface area contributed by atoms with Gasteiger partial charge in [0, 0.05) is 17.7 Å². The Morgan fingerprint density at radius 1 is 1.23 bits per heavy atom. The molecule has 0 unspecified atom stereocenters. The maximum atomic E-state index is 11.8. The predicted molar refractivity (Wildman–Crippen MR) is 89.8 cm³/mol. The van der Waals surface area contributed by atoms with Gasteiger partial charge in [0.05, 0.1) is 11.0 Å². The fraction of sp³-hybridized carbons (Fsp3) is 0.222. The molecule has 0 spiro atoms. The van der Waals surface area contributed by atoms with Gasteiger partial charge in [-0.2, -0.15) is 0 Å². The van der Waals surface area contributed by atoms with Crippen molar-refractivity contribution in [3.63, 3.8) is 0 Å². The van der Waals surface area contributed by atoms with Crippen molar-refractivity contribution in [3.05, 3.63) is 48.0 Å². The molecule has 3 aromatic rings. The van der Waals surface area contributed by atoms with Gasteiger partial charge in [-0.1, -0.05) is 31.2 Å². The minimum atomic E-state index is 0.0485. The van der Waals surface area contributed by atoms with Crippen LogP contribution in [0, 0.1) is 6.92 Å². The third-order valence-corrected chi connectivity index (χ3v) is 3.65. The number of aryl methyl sites for hydroxylation is 1. The predicted octanol–water partition coefficient (Wildman–Crippen LogP) is 4.28. The Morgan fingerprint density at radius 2 is 2.05 bits per heavy atom. The molecule has 0 saturated heterocycles. The number of benzene rings is 2. The summed E-state index contributed by atoms with van der Waals surface area (Å²) in [6.07, 6.45) is 1.38. The minimum Gasteiger partial charge on any atom is -0.338 e. The number of carbonyl (C=O) groups is 1. The normalized spacial score (nSPS) is 10.8. The number of carbonyl (C=O) groups excluding carboxylic acids is 1. The number of aromatic amines is 1. The lowest BCUT2D eigenvalue weighted by molar-refractivity contribution is -0.116. The van der Waals surface area contributed by atoms with Gasteiger partial charge < -0.3 is 10.3 Å². The molecule has 4 nitrogen and oxygen atoms in total. The Bertz CT molecular complexity index is 787. The molecule has 112 valence electrons. The van der Waals surface area contributed by atoms with Crippen molar-refractivity contribution in [2.24, 2.45) is 0 Å². The van der Waals surface area contributed by atoms with E-state index in [0.717, 1.165) is 40.1 Å². The van der Waals surface area contributed by atoms with Gasteiger partial charge in [-0.05, 0) is 37.1 Å². The molecule has 0 aliphatic rings. The summed E-state index contributed by atoms with van der Waals surface area (Å²) >= 11 is 0. The molecule has 4 heteroatoms. The van der Waals surface area contributed by atoms with Gasteiger partial charge in [0.2, 0.25) is 5.91 Å². The Labute approximate surface area is 129 Å². The number of H-pyrrole nitrogens is 1. The van der Waals surface area contributed by atoms with Crippen LogP contribution in [0.3, 0.4) is 0 Å². The Balaban J connectivity index is 1.95. The van der Waals surface area contributed by atoms with Crippen molar-refractivity contribution < 1.29 is 4.79 Å². The van der Waals surface area contributed by atoms with E-state index in [9.17, 15) is 4.79 Å². The highest BCUT2D eigenvalue weighted by atomic mass is 16.1. The van der Waals surface area contributed by atoms with Crippen LogP contribution in [-0.4, -0.2) is 15.9 Å². The third-order valence-electron chi connectivity index (χ3n) is 3.65. The molecule has 2 N–H and O–H groups in total. The number of rotatable bonds is 4. The average Bonchev–Trinajstić information content (AvgIpc) is 2.93. The van der Waals surface area contributed by atoms with Crippen LogP contribution in [0.25, 0.3) is 22.4 Å². The first-order chi connectivity index (χ1) is 10.7. The molecule has 1 aromatic heterocycles. The van der Waals surface area contributed by atoms with Crippen molar-refractivity contribution >= 4 is 22.6 Å². The van der Waals surface area contributed by atoms with E-state index in [1.165, 1.54) is 0 Å². The Kier molecular flexibility index (Phi) is 3.92. The average molecular weight is 293 g/mol. The summed E-state index contributed by atoms with van der Waals surface area (Å²) in [5, 5.41) is 2.97. The van der Waals surface area contributed by atoms with Crippen LogP contribution in [0.5, 0.6) is 0 Å². The van der Waals surface area contributed by atoms with E-state index >= 15 is 0 Å². The zero-order chi connectivity index (χ0) is 15.5. The van der Waals surface area contributed by atoms with E-state index in [0.29, 0.717) is 6.42 Å². The number of nitrogens with one attached hydrogen (secondary N) is 2. The van der Waals surface area contributed by atoms with E-state index in [2.05, 4.69) is 15.3 Å². The number of hydrogen-bond acceptors (Lipinski definition) is 2. The molecule has 0 aliphatic heterocycles. The highest BCUT2D eigenvalue weighted by Crippen LogP contribution is 2.25. The molecule has 0 saturated carbocycles. The highest BCUT2D eigenvalue weighted by molar-refractivity contribution is 5.92. The molecule has 3 rings (SSSR count). The summed E-state index contributed by atoms with van der Waals surface area (Å²) in [4.78, 5) is 19.7. The molecule has 2 aromatic carbocycles. The molecule has 22 heavy (non-hydrogen) atoms. The van der Waals surface area contributed by atoms with E-state index in [1.807, 2.05) is 56.3 Å². The Morgan fingerprint density at radius 3 is 2.82 bits per heavy atom. The standard InChI is InChI=1S/C18H19N3O/c1-3-6-17(22)19-16-11-13(10-9-12(16)2)18-20-14-7-4-5-8-15(14)21-18/h4-5,7-11H,3,6H2,1-2H3,(H,19,22)(H,20,21). The number of aromatic nitrogens is 2. The monoisotopic (exact) mass is 293 g/mol. The summed E-state index contributed by atoms with van der Waals surface area (Å²) in [5.74, 6) is 0.861. The van der Waals surface area contributed by atoms with Crippen molar-refractivity contribution in [2.75, 3.05) is 5.32 Å². The Hall–Kier alpha value is -2.62. The first-order valence-electron chi connectivity index (χ1n) is 7.53. The molecule has 1 amide bonds. The quantitative estimate of drug-likeness (QED) is 0.754. The van der Waals surface area contributed by atoms with E-state index in [-0.39, 0.29) is 5.91 Å². The second-order valence-electron chi connectivity index (χ2n) is 5.43. The summed E-state index contributed by atoms with van der Waals surface area (Å²) in [6, 6.07) is 13.9. The minimum absolute atomic E-state index is 0.0485. The van der Waals surface area contributed by atoms with Gasteiger partial charge in [0.1, 0.15) is 5.82 Å². The number of hydrogen-bond donors (Lipinski definition) is 2. The molecule has 0 fully saturated rings. The topological polar surface area (TPSA) is 57.8 Å². The first-order valence-corrected chi connectivity index (χ1v) is 7.53. The lowest BCUT2D eigenvalue weighted by atomic mass is 10.1. The van der Waals surface area contributed by atoms with Crippen LogP contribution < -0.4 is 5.32 Å². The molecule has 1 heterocycles. The number of amides is 1. The summed E-state index contributed by atoms with van der Waals surface area (Å²) in [7, 11) is 0. The fourth-order valence-electron chi connectivity index (χ4n) is 2.43. The van der Waals surface area contributed by atoms with Crippen LogP contribution in [-0.2, 0) is 4.79 Å². The van der Waals surface area contributed by atoms with Crippen LogP contribution >= 0.6 is 0 Å². The maximum Gasteiger partial charge on any atom is 0.224 e. The number of nitrogens with zero attached hydrogens (tertiary/aromatic N) is 1. The smallest absolute Gasteiger partial charge is 0.224 e. The third kappa shape index (κ3) is 2.86. The van der Waals surface area contributed by atoms with Gasteiger partial charge in [-0.3, -0.25) is 4.79 Å². The van der Waals surface area contributed by atoms with Gasteiger partial charge >= 0.3 is 0 Å². The lowest BCUT2D eigenvalue weighted by Gasteiger charge is -2.09. The first kappa shape index (κ1) is 14.3. The maximum absolute atomic E-state index is 11.8. The molecular formula is C18H19N3O. The van der Waals surface area contributed by atoms with Crippen LogP contribution in [0.15, 0.2) is 42.5 Å². The lowest BCUT2D eigenvalue weighted by Crippen LogP contribution is -2.11. The second-order valence-corrected chi connectivity index (χ2v) is 5.43. The molecular weight excluding hydrogens is 274 g/mol. The van der Waals surface area contributed by atoms with Gasteiger partial charge in [-0.25, -0.2) is 4.98 Å². The van der Waals surface area contributed by atoms with Crippen molar-refractivity contribution in [1.82, 2.24) is 9.97 Å². The van der Waals surface area contributed by atoms with Crippen molar-refractivity contribution in [1.29, 1.82) is 0 Å². The molecule has 0 bridgehead atoms. The van der Waals surface area contributed by atoms with E-state index in [4.69, 9.17) is 0 Å². The molecule has 0 radical (unpaired) electrons. The molecule has 0 atom stereocenters. The second kappa shape index (κ2) is 6.02. The number of anilines is 1. The van der Waals surface area contributed by atoms with Crippen LogP contribution in [0.4, 0.5) is 5.69 Å². The highest BCUT2D eigenvalue weighted by Gasteiger charge is 2.09. The summed E-state index contributed by atoms with van der Waals surface area (Å²) in [6.45, 7) is 3.99. The number of fused-ring (bicyclic) bond motifs is 1. The van der Waals surface area contributed by atoms with Crippen molar-refractivity contribution in [3.8, 4) is 11.4 Å². The molecule has 0 aliphatic carbocycles. The SMILES string of the molecule is CCCC(=O)Nc1cc(-c2nc3ccccc3[nH]2)ccc1C. The summed E-state index contributed by atoms with van der Waals surface area (Å²) in [5.41, 5.74) is 4.80. The van der Waals surface area contributed by atoms with Crippen LogP contribution in [0.2, 0.25) is 0 Å². The van der Waals surface area contributed by atoms with Crippen LogP contribution in [0.1, 0.15) is 25.3 Å². The van der Waals surface area contributed by atoms with Gasteiger partial charge in [0.15, 0.2) is 0 Å². The largest absolute Gasteiger partial charge is 0.338 e.